The van der Waals surface area contributed by atoms with E-state index in [1.165, 1.54) is 13.0 Å². The number of primary amides is 1. The van der Waals surface area contributed by atoms with Crippen molar-refractivity contribution in [2.75, 3.05) is 34.8 Å². The van der Waals surface area contributed by atoms with Gasteiger partial charge in [-0.05, 0) is 62.0 Å². The number of halogens is 2. The molecule has 1 fully saturated rings. The van der Waals surface area contributed by atoms with Crippen molar-refractivity contribution in [2.45, 2.75) is 91.0 Å². The highest BCUT2D eigenvalue weighted by Gasteiger charge is 2.38. The number of carbonyl (C=O) groups excluding carboxylic acids is 4. The normalized spacial score (nSPS) is 21.3. The lowest BCUT2D eigenvalue weighted by molar-refractivity contribution is -0.873. The van der Waals surface area contributed by atoms with Gasteiger partial charge in [-0.3, -0.25) is 19.2 Å². The van der Waals surface area contributed by atoms with Crippen LogP contribution in [0.25, 0.3) is 5.69 Å². The zero-order chi connectivity index (χ0) is 34.1. The molecule has 11 nitrogen and oxygen atoms in total. The standard InChI is InChI=1S/C34H47FN4O7.ClH/c1-19-31-26(16-34(3,4)17-27(31)41)38(37-19)23-13-22(32(33(36)43)25(35)14-23)11-21-9-10-28(44-8)29(12-21)46-30(42)15-24(45-20(2)40)18-39(5,6)7;/h13-14,21,24,28-29H,9-12,15-18H2,1-8H3,(H-,36,43);1H. The van der Waals surface area contributed by atoms with E-state index < -0.39 is 35.9 Å². The van der Waals surface area contributed by atoms with Crippen LogP contribution in [0.3, 0.4) is 0 Å². The number of amides is 1. The van der Waals surface area contributed by atoms with Crippen LogP contribution in [0.15, 0.2) is 12.1 Å². The van der Waals surface area contributed by atoms with E-state index >= 15 is 4.39 Å². The molecule has 0 saturated heterocycles. The summed E-state index contributed by atoms with van der Waals surface area (Å²) in [6.07, 6.45) is 1.31. The van der Waals surface area contributed by atoms with E-state index in [9.17, 15) is 19.2 Å². The van der Waals surface area contributed by atoms with E-state index in [0.717, 1.165) is 5.69 Å². The Kier molecular flexibility index (Phi) is 12.0. The summed E-state index contributed by atoms with van der Waals surface area (Å²) < 4.78 is 34.7. The molecule has 1 amide bonds. The number of likely N-dealkylation sites (N-methyl/N-ethyl adjacent to an activating group) is 1. The molecule has 0 bridgehead atoms. The van der Waals surface area contributed by atoms with Crippen LogP contribution >= 0.6 is 0 Å². The Balaban J connectivity index is 0.00000600. The molecule has 4 unspecified atom stereocenters. The van der Waals surface area contributed by atoms with Crippen molar-refractivity contribution in [3.05, 3.63) is 46.0 Å². The fraction of sp³-hybridized carbons (Fsp3) is 0.618. The molecule has 4 atom stereocenters. The second kappa shape index (κ2) is 14.8. The maximum Gasteiger partial charge on any atom is 0.310 e. The fourth-order valence-corrected chi connectivity index (χ4v) is 7.03. The van der Waals surface area contributed by atoms with Gasteiger partial charge in [0.15, 0.2) is 11.9 Å². The smallest absolute Gasteiger partial charge is 0.310 e. The van der Waals surface area contributed by atoms with Gasteiger partial charge in [0.05, 0.1) is 61.9 Å². The van der Waals surface area contributed by atoms with Crippen molar-refractivity contribution in [1.29, 1.82) is 0 Å². The first-order valence-electron chi connectivity index (χ1n) is 15.8. The highest BCUT2D eigenvalue weighted by molar-refractivity contribution is 6.00. The van der Waals surface area contributed by atoms with Gasteiger partial charge in [0.1, 0.15) is 18.5 Å². The maximum absolute atomic E-state index is 15.6. The Morgan fingerprint density at radius 3 is 2.43 bits per heavy atom. The highest BCUT2D eigenvalue weighted by atomic mass is 35.5. The molecule has 1 heterocycles. The predicted octanol–water partition coefficient (Wildman–Crippen LogP) is 0.875. The van der Waals surface area contributed by atoms with E-state index in [1.54, 1.807) is 24.8 Å². The van der Waals surface area contributed by atoms with Crippen LogP contribution < -0.4 is 18.1 Å². The molecule has 2 N–H and O–H groups in total. The number of fused-ring (bicyclic) bond motifs is 1. The Bertz CT molecular complexity index is 1520. The lowest BCUT2D eigenvalue weighted by Gasteiger charge is -2.35. The summed E-state index contributed by atoms with van der Waals surface area (Å²) in [4.78, 5) is 50.2. The Hall–Kier alpha value is -3.35. The van der Waals surface area contributed by atoms with E-state index in [4.69, 9.17) is 19.9 Å². The quantitative estimate of drug-likeness (QED) is 0.273. The lowest BCUT2D eigenvalue weighted by Crippen LogP contribution is -3.00. The van der Waals surface area contributed by atoms with Crippen molar-refractivity contribution in [3.8, 4) is 5.69 Å². The van der Waals surface area contributed by atoms with Gasteiger partial charge < -0.3 is 36.8 Å². The van der Waals surface area contributed by atoms with Crippen LogP contribution in [-0.4, -0.2) is 91.0 Å². The molecule has 260 valence electrons. The summed E-state index contributed by atoms with van der Waals surface area (Å²) in [5.74, 6) is -2.69. The first-order chi connectivity index (χ1) is 21.4. The topological polar surface area (TPSA) is 140 Å². The number of benzene rings is 1. The molecule has 0 aliphatic heterocycles. The molecule has 2 aliphatic rings. The first-order valence-corrected chi connectivity index (χ1v) is 15.8. The molecular weight excluding hydrogens is 631 g/mol. The van der Waals surface area contributed by atoms with Crippen LogP contribution in [0.4, 0.5) is 4.39 Å². The van der Waals surface area contributed by atoms with Gasteiger partial charge in [0.2, 0.25) is 0 Å². The Labute approximate surface area is 282 Å². The molecule has 4 rings (SSSR count). The van der Waals surface area contributed by atoms with Crippen LogP contribution in [0.1, 0.15) is 90.5 Å². The number of rotatable bonds is 11. The number of ether oxygens (including phenoxy) is 3. The molecule has 1 aromatic heterocycles. The second-order valence-electron chi connectivity index (χ2n) is 14.7. The number of aromatic nitrogens is 2. The van der Waals surface area contributed by atoms with E-state index in [2.05, 4.69) is 5.10 Å². The van der Waals surface area contributed by atoms with Gasteiger partial charge in [-0.2, -0.15) is 5.10 Å². The van der Waals surface area contributed by atoms with E-state index in [1.807, 2.05) is 35.0 Å². The number of hydrogen-bond acceptors (Lipinski definition) is 8. The molecular formula is C34H48ClFN4O7. The number of methoxy groups -OCH3 is 1. The second-order valence-corrected chi connectivity index (χ2v) is 14.7. The number of esters is 2. The maximum atomic E-state index is 15.6. The van der Waals surface area contributed by atoms with Crippen molar-refractivity contribution < 1.29 is 54.7 Å². The van der Waals surface area contributed by atoms with Gasteiger partial charge in [-0.25, -0.2) is 9.07 Å². The summed E-state index contributed by atoms with van der Waals surface area (Å²) in [6, 6.07) is 2.96. The summed E-state index contributed by atoms with van der Waals surface area (Å²) in [7, 11) is 7.38. The Morgan fingerprint density at radius 1 is 1.15 bits per heavy atom. The number of Topliss-reactive ketones (excluding diaryl/α,β-unsaturated/α-hetero) is 1. The highest BCUT2D eigenvalue weighted by Crippen LogP contribution is 2.38. The van der Waals surface area contributed by atoms with E-state index in [-0.39, 0.29) is 47.6 Å². The minimum Gasteiger partial charge on any atom is -1.00 e. The third-order valence-corrected chi connectivity index (χ3v) is 8.78. The molecule has 2 aliphatic carbocycles. The third-order valence-electron chi connectivity index (χ3n) is 8.78. The van der Waals surface area contributed by atoms with Gasteiger partial charge >= 0.3 is 11.9 Å². The molecule has 47 heavy (non-hydrogen) atoms. The van der Waals surface area contributed by atoms with Crippen molar-refractivity contribution in [1.82, 2.24) is 9.78 Å². The van der Waals surface area contributed by atoms with Crippen LogP contribution in [0.2, 0.25) is 0 Å². The van der Waals surface area contributed by atoms with Crippen LogP contribution in [0, 0.1) is 24.1 Å². The van der Waals surface area contributed by atoms with Crippen molar-refractivity contribution >= 4 is 23.6 Å². The van der Waals surface area contributed by atoms with Gasteiger partial charge in [0.25, 0.3) is 5.91 Å². The average molecular weight is 679 g/mol. The fourth-order valence-electron chi connectivity index (χ4n) is 7.03. The van der Waals surface area contributed by atoms with E-state index in [0.29, 0.717) is 72.1 Å². The number of nitrogens with two attached hydrogens (primary N) is 1. The van der Waals surface area contributed by atoms with Crippen LogP contribution in [0.5, 0.6) is 0 Å². The SMILES string of the molecule is COC1CCC(Cc2cc(-n3nc(C)c4c3CC(C)(C)CC4=O)cc(F)c2C(N)=O)CC1OC(=O)CC(C[N+](C)(C)C)OC(C)=O.[Cl-]. The Morgan fingerprint density at radius 2 is 1.83 bits per heavy atom. The zero-order valence-corrected chi connectivity index (χ0v) is 29.4. The van der Waals surface area contributed by atoms with Crippen molar-refractivity contribution in [3.63, 3.8) is 0 Å². The number of ketones is 1. The van der Waals surface area contributed by atoms with Crippen molar-refractivity contribution in [2.24, 2.45) is 17.1 Å². The minimum atomic E-state index is -0.878. The largest absolute Gasteiger partial charge is 1.00 e. The molecule has 2 aromatic rings. The lowest BCUT2D eigenvalue weighted by atomic mass is 9.75. The molecule has 13 heteroatoms. The third kappa shape index (κ3) is 9.39. The monoisotopic (exact) mass is 678 g/mol. The molecule has 1 aromatic carbocycles. The predicted molar refractivity (Wildman–Crippen MR) is 168 cm³/mol. The van der Waals surface area contributed by atoms with Gasteiger partial charge in [-0.15, -0.1) is 0 Å². The molecule has 1 saturated carbocycles. The number of nitrogens with zero attached hydrogens (tertiary/aromatic N) is 3. The summed E-state index contributed by atoms with van der Waals surface area (Å²) in [5.41, 5.74) is 7.91. The minimum absolute atomic E-state index is 0. The first kappa shape index (κ1) is 38.1. The molecule has 0 spiro atoms. The number of quaternary nitrogens is 1. The van der Waals surface area contributed by atoms with Gasteiger partial charge in [-0.1, -0.05) is 13.8 Å². The average Bonchev–Trinajstić information content (AvgIpc) is 3.21. The number of hydrogen-bond donors (Lipinski definition) is 1. The number of aryl methyl sites for hydroxylation is 1. The van der Waals surface area contributed by atoms with Crippen LogP contribution in [-0.2, 0) is 36.6 Å². The summed E-state index contributed by atoms with van der Waals surface area (Å²) in [5, 5.41) is 4.62. The number of carbonyl (C=O) groups is 4. The zero-order valence-electron chi connectivity index (χ0n) is 28.7. The molecule has 0 radical (unpaired) electrons. The summed E-state index contributed by atoms with van der Waals surface area (Å²) in [6.45, 7) is 7.54. The summed E-state index contributed by atoms with van der Waals surface area (Å²) >= 11 is 0. The van der Waals surface area contributed by atoms with Gasteiger partial charge in [0, 0.05) is 26.5 Å².